The summed E-state index contributed by atoms with van der Waals surface area (Å²) in [7, 11) is 3.48. The second kappa shape index (κ2) is 5.88. The molecule has 1 atom stereocenters. The number of carbonyl (C=O) groups is 1. The average Bonchev–Trinajstić information content (AvgIpc) is 2.03. The van der Waals surface area contributed by atoms with Gasteiger partial charge in [-0.15, -0.1) is 0 Å². The topological polar surface area (TPSA) is 58.4 Å². The Hall–Kier alpha value is -0.680. The van der Waals surface area contributed by atoms with Gasteiger partial charge in [-0.3, -0.25) is 9.69 Å². The smallest absolute Gasteiger partial charge is 0.233 e. The Labute approximate surface area is 84.5 Å². The van der Waals surface area contributed by atoms with Gasteiger partial charge < -0.3 is 11.1 Å². The molecule has 1 unspecified atom stereocenters. The van der Waals surface area contributed by atoms with Crippen LogP contribution in [0.4, 0.5) is 0 Å². The van der Waals surface area contributed by atoms with Crippen molar-refractivity contribution in [1.29, 1.82) is 0 Å². The van der Waals surface area contributed by atoms with Crippen LogP contribution in [0.2, 0.25) is 0 Å². The van der Waals surface area contributed by atoms with Gasteiger partial charge in [0.1, 0.15) is 0 Å². The largest absolute Gasteiger partial charge is 0.393 e. The van der Waals surface area contributed by atoms with Crippen molar-refractivity contribution in [1.82, 2.24) is 10.2 Å². The van der Waals surface area contributed by atoms with E-state index in [0.29, 0.717) is 18.1 Å². The molecular weight excluding hydrogens is 186 g/mol. The molecule has 0 bridgehead atoms. The minimum atomic E-state index is -0.00219. The van der Waals surface area contributed by atoms with Gasteiger partial charge in [-0.1, -0.05) is 19.1 Å². The van der Waals surface area contributed by atoms with Crippen molar-refractivity contribution in [2.45, 2.75) is 6.92 Å². The van der Waals surface area contributed by atoms with E-state index in [9.17, 15) is 4.79 Å². The number of nitrogens with two attached hydrogens (primary N) is 1. The monoisotopic (exact) mass is 203 g/mol. The zero-order valence-electron chi connectivity index (χ0n) is 8.33. The zero-order chi connectivity index (χ0) is 10.4. The van der Waals surface area contributed by atoms with Crippen molar-refractivity contribution in [2.24, 2.45) is 11.7 Å². The summed E-state index contributed by atoms with van der Waals surface area (Å²) in [6, 6.07) is 0. The molecule has 0 heterocycles. The molecule has 5 heteroatoms. The fraction of sp³-hybridized carbons (Fsp3) is 0.750. The minimum absolute atomic E-state index is 0.00219. The highest BCUT2D eigenvalue weighted by molar-refractivity contribution is 7.80. The van der Waals surface area contributed by atoms with Crippen LogP contribution >= 0.6 is 12.2 Å². The van der Waals surface area contributed by atoms with E-state index in [4.69, 9.17) is 18.0 Å². The van der Waals surface area contributed by atoms with E-state index in [0.717, 1.165) is 0 Å². The van der Waals surface area contributed by atoms with Gasteiger partial charge in [0.15, 0.2) is 0 Å². The SMILES string of the molecule is CNC(=O)CN(C)CC(C)C(N)=S. The number of nitrogens with zero attached hydrogens (tertiary/aromatic N) is 1. The third-order valence-electron chi connectivity index (χ3n) is 1.76. The van der Waals surface area contributed by atoms with E-state index in [2.05, 4.69) is 5.32 Å². The maximum atomic E-state index is 11.0. The summed E-state index contributed by atoms with van der Waals surface area (Å²) in [6.07, 6.45) is 0. The summed E-state index contributed by atoms with van der Waals surface area (Å²) in [5.41, 5.74) is 5.45. The highest BCUT2D eigenvalue weighted by atomic mass is 32.1. The summed E-state index contributed by atoms with van der Waals surface area (Å²) in [6.45, 7) is 3.04. The molecule has 13 heavy (non-hydrogen) atoms. The lowest BCUT2D eigenvalue weighted by molar-refractivity contribution is -0.121. The minimum Gasteiger partial charge on any atom is -0.393 e. The van der Waals surface area contributed by atoms with E-state index in [1.807, 2.05) is 18.9 Å². The van der Waals surface area contributed by atoms with Crippen LogP contribution in [0.3, 0.4) is 0 Å². The molecule has 0 aliphatic heterocycles. The van der Waals surface area contributed by atoms with Crippen LogP contribution in [-0.4, -0.2) is 43.0 Å². The zero-order valence-corrected chi connectivity index (χ0v) is 9.15. The Bertz CT molecular complexity index is 196. The number of likely N-dealkylation sites (N-methyl/N-ethyl adjacent to an activating group) is 2. The van der Waals surface area contributed by atoms with Crippen molar-refractivity contribution in [2.75, 3.05) is 27.2 Å². The number of carbonyl (C=O) groups excluding carboxylic acids is 1. The normalized spacial score (nSPS) is 12.6. The van der Waals surface area contributed by atoms with Crippen LogP contribution in [0.5, 0.6) is 0 Å². The van der Waals surface area contributed by atoms with Gasteiger partial charge in [-0.25, -0.2) is 0 Å². The van der Waals surface area contributed by atoms with Crippen LogP contribution in [0.15, 0.2) is 0 Å². The first kappa shape index (κ1) is 12.3. The lowest BCUT2D eigenvalue weighted by Crippen LogP contribution is -2.37. The van der Waals surface area contributed by atoms with Gasteiger partial charge in [-0.2, -0.15) is 0 Å². The van der Waals surface area contributed by atoms with Gasteiger partial charge in [-0.05, 0) is 7.05 Å². The Morgan fingerprint density at radius 1 is 1.69 bits per heavy atom. The lowest BCUT2D eigenvalue weighted by Gasteiger charge is -2.19. The maximum Gasteiger partial charge on any atom is 0.233 e. The molecule has 76 valence electrons. The molecule has 0 aromatic carbocycles. The summed E-state index contributed by atoms with van der Waals surface area (Å²) < 4.78 is 0. The van der Waals surface area contributed by atoms with E-state index in [1.165, 1.54) is 0 Å². The van der Waals surface area contributed by atoms with Crippen molar-refractivity contribution in [3.05, 3.63) is 0 Å². The number of nitrogens with one attached hydrogen (secondary N) is 1. The molecule has 0 saturated heterocycles. The number of hydrogen-bond donors (Lipinski definition) is 2. The quantitative estimate of drug-likeness (QED) is 0.596. The first-order valence-corrected chi connectivity index (χ1v) is 4.56. The van der Waals surface area contributed by atoms with Crippen LogP contribution in [0.1, 0.15) is 6.92 Å². The number of rotatable bonds is 5. The van der Waals surface area contributed by atoms with Gasteiger partial charge in [0.2, 0.25) is 5.91 Å². The lowest BCUT2D eigenvalue weighted by atomic mass is 10.2. The number of amides is 1. The predicted molar refractivity (Wildman–Crippen MR) is 57.5 cm³/mol. The van der Waals surface area contributed by atoms with Crippen molar-refractivity contribution < 1.29 is 4.79 Å². The Morgan fingerprint density at radius 2 is 2.23 bits per heavy atom. The van der Waals surface area contributed by atoms with Gasteiger partial charge in [0.25, 0.3) is 0 Å². The van der Waals surface area contributed by atoms with Crippen molar-refractivity contribution in [3.63, 3.8) is 0 Å². The predicted octanol–water partition coefficient (Wildman–Crippen LogP) is -0.414. The van der Waals surface area contributed by atoms with E-state index < -0.39 is 0 Å². The molecule has 1 amide bonds. The van der Waals surface area contributed by atoms with E-state index in [1.54, 1.807) is 7.05 Å². The molecular formula is C8H17N3OS. The highest BCUT2D eigenvalue weighted by Crippen LogP contribution is 1.97. The van der Waals surface area contributed by atoms with E-state index in [-0.39, 0.29) is 11.8 Å². The second-order valence-corrected chi connectivity index (χ2v) is 3.64. The maximum absolute atomic E-state index is 11.0. The average molecular weight is 203 g/mol. The third-order valence-corrected chi connectivity index (χ3v) is 2.17. The summed E-state index contributed by atoms with van der Waals surface area (Å²) in [5, 5.41) is 2.55. The molecule has 0 spiro atoms. The van der Waals surface area contributed by atoms with Gasteiger partial charge in [0, 0.05) is 19.5 Å². The molecule has 0 aliphatic carbocycles. The Kier molecular flexibility index (Phi) is 5.57. The standard InChI is InChI=1S/C8H17N3OS/c1-6(8(9)13)4-11(3)5-7(12)10-2/h6H,4-5H2,1-3H3,(H2,9,13)(H,10,12). The summed E-state index contributed by atoms with van der Waals surface area (Å²) >= 11 is 4.83. The second-order valence-electron chi connectivity index (χ2n) is 3.17. The van der Waals surface area contributed by atoms with Crippen LogP contribution in [-0.2, 0) is 4.79 Å². The molecule has 0 aliphatic rings. The Balaban J connectivity index is 3.80. The molecule has 0 radical (unpaired) electrons. The van der Waals surface area contributed by atoms with Gasteiger partial charge >= 0.3 is 0 Å². The molecule has 0 fully saturated rings. The molecule has 3 N–H and O–H groups in total. The summed E-state index contributed by atoms with van der Waals surface area (Å²) in [5.74, 6) is 0.141. The first-order chi connectivity index (χ1) is 5.97. The highest BCUT2D eigenvalue weighted by Gasteiger charge is 2.10. The molecule has 0 rings (SSSR count). The van der Waals surface area contributed by atoms with Crippen LogP contribution in [0.25, 0.3) is 0 Å². The summed E-state index contributed by atoms with van der Waals surface area (Å²) in [4.78, 5) is 13.3. The fourth-order valence-electron chi connectivity index (χ4n) is 0.946. The molecule has 4 nitrogen and oxygen atoms in total. The Morgan fingerprint density at radius 3 is 2.62 bits per heavy atom. The van der Waals surface area contributed by atoms with Crippen LogP contribution in [0, 0.1) is 5.92 Å². The number of hydrogen-bond acceptors (Lipinski definition) is 3. The van der Waals surface area contributed by atoms with Gasteiger partial charge in [0.05, 0.1) is 11.5 Å². The molecule has 0 aromatic heterocycles. The van der Waals surface area contributed by atoms with E-state index >= 15 is 0 Å². The molecule has 0 aromatic rings. The number of thiocarbonyl (C=S) groups is 1. The molecule has 0 saturated carbocycles. The van der Waals surface area contributed by atoms with Crippen molar-refractivity contribution in [3.8, 4) is 0 Å². The third kappa shape index (κ3) is 5.54. The fourth-order valence-corrected chi connectivity index (χ4v) is 1.02. The first-order valence-electron chi connectivity index (χ1n) is 4.15. The van der Waals surface area contributed by atoms with Crippen molar-refractivity contribution >= 4 is 23.1 Å². The van der Waals surface area contributed by atoms with Crippen LogP contribution < -0.4 is 11.1 Å².